The number of nitrogens with one attached hydrogen (secondary N) is 1. The fraction of sp³-hybridized carbons (Fsp3) is 0.0909. The molecule has 2 rings (SSSR count). The summed E-state index contributed by atoms with van der Waals surface area (Å²) in [6.07, 6.45) is 0.0853. The molecule has 0 fully saturated rings. The van der Waals surface area contributed by atoms with Crippen LogP contribution in [-0.4, -0.2) is 15.0 Å². The van der Waals surface area contributed by atoms with E-state index in [0.29, 0.717) is 16.8 Å². The molecular formula is C11H9ClN6. The van der Waals surface area contributed by atoms with Crippen molar-refractivity contribution in [2.24, 2.45) is 0 Å². The number of aromatic nitrogens is 3. The molecule has 0 radical (unpaired) electrons. The number of halogens is 1. The highest BCUT2D eigenvalue weighted by molar-refractivity contribution is 6.30. The smallest absolute Gasteiger partial charge is 0.232 e. The first-order chi connectivity index (χ1) is 8.67. The molecular weight excluding hydrogens is 252 g/mol. The van der Waals surface area contributed by atoms with Gasteiger partial charge in [0.25, 0.3) is 0 Å². The van der Waals surface area contributed by atoms with Crippen LogP contribution in [0.2, 0.25) is 5.02 Å². The van der Waals surface area contributed by atoms with Gasteiger partial charge in [0.15, 0.2) is 0 Å². The van der Waals surface area contributed by atoms with Gasteiger partial charge < -0.3 is 11.1 Å². The van der Waals surface area contributed by atoms with E-state index in [1.54, 1.807) is 24.3 Å². The lowest BCUT2D eigenvalue weighted by atomic mass is 10.3. The minimum absolute atomic E-state index is 0.0757. The molecule has 1 aromatic heterocycles. The van der Waals surface area contributed by atoms with E-state index in [9.17, 15) is 0 Å². The maximum absolute atomic E-state index is 8.60. The Balaban J connectivity index is 2.23. The molecule has 0 saturated heterocycles. The lowest BCUT2D eigenvalue weighted by Gasteiger charge is -2.06. The van der Waals surface area contributed by atoms with Crippen LogP contribution < -0.4 is 11.1 Å². The van der Waals surface area contributed by atoms with Gasteiger partial charge in [0.05, 0.1) is 12.5 Å². The Hall–Kier alpha value is -2.39. The monoisotopic (exact) mass is 260 g/mol. The van der Waals surface area contributed by atoms with Gasteiger partial charge >= 0.3 is 0 Å². The van der Waals surface area contributed by atoms with Gasteiger partial charge in [0.1, 0.15) is 5.82 Å². The summed E-state index contributed by atoms with van der Waals surface area (Å²) in [4.78, 5) is 11.9. The topological polar surface area (TPSA) is 101 Å². The summed E-state index contributed by atoms with van der Waals surface area (Å²) in [6, 6.07) is 9.01. The van der Waals surface area contributed by atoms with Gasteiger partial charge in [-0.25, -0.2) is 0 Å². The highest BCUT2D eigenvalue weighted by Crippen LogP contribution is 2.16. The Morgan fingerprint density at radius 1 is 1.22 bits per heavy atom. The highest BCUT2D eigenvalue weighted by Gasteiger charge is 2.04. The van der Waals surface area contributed by atoms with Gasteiger partial charge in [-0.1, -0.05) is 11.6 Å². The van der Waals surface area contributed by atoms with Crippen LogP contribution in [0.5, 0.6) is 0 Å². The van der Waals surface area contributed by atoms with Crippen LogP contribution in [0.3, 0.4) is 0 Å². The Kier molecular flexibility index (Phi) is 3.55. The fourth-order valence-electron chi connectivity index (χ4n) is 1.31. The molecule has 2 aromatic rings. The molecule has 0 spiro atoms. The van der Waals surface area contributed by atoms with E-state index in [1.807, 2.05) is 6.07 Å². The molecule has 0 saturated carbocycles. The zero-order valence-electron chi connectivity index (χ0n) is 9.26. The van der Waals surface area contributed by atoms with Crippen molar-refractivity contribution in [2.75, 3.05) is 11.1 Å². The SMILES string of the molecule is N#CCc1nc(N)nc(Nc2ccc(Cl)cc2)n1. The van der Waals surface area contributed by atoms with Crippen molar-refractivity contribution in [2.45, 2.75) is 6.42 Å². The Labute approximate surface area is 108 Å². The summed E-state index contributed by atoms with van der Waals surface area (Å²) in [5.41, 5.74) is 6.31. The van der Waals surface area contributed by atoms with Gasteiger partial charge in [-0.15, -0.1) is 0 Å². The molecule has 3 N–H and O–H groups in total. The number of nitrogens with two attached hydrogens (primary N) is 1. The van der Waals surface area contributed by atoms with Crippen LogP contribution in [0.1, 0.15) is 5.82 Å². The summed E-state index contributed by atoms with van der Waals surface area (Å²) in [5.74, 6) is 0.711. The van der Waals surface area contributed by atoms with Crippen molar-refractivity contribution in [3.63, 3.8) is 0 Å². The third kappa shape index (κ3) is 3.06. The average Bonchev–Trinajstić information content (AvgIpc) is 2.32. The predicted octanol–water partition coefficient (Wildman–Crippen LogP) is 1.92. The molecule has 0 aliphatic rings. The number of anilines is 3. The van der Waals surface area contributed by atoms with Crippen LogP contribution in [-0.2, 0) is 6.42 Å². The lowest BCUT2D eigenvalue weighted by molar-refractivity contribution is 0.955. The number of rotatable bonds is 3. The van der Waals surface area contributed by atoms with Crippen molar-refractivity contribution in [3.8, 4) is 6.07 Å². The normalized spacial score (nSPS) is 9.78. The van der Waals surface area contributed by atoms with Crippen molar-refractivity contribution in [1.82, 2.24) is 15.0 Å². The van der Waals surface area contributed by atoms with Crippen LogP contribution in [0.15, 0.2) is 24.3 Å². The van der Waals surface area contributed by atoms with Gasteiger partial charge in [0.2, 0.25) is 11.9 Å². The molecule has 0 bridgehead atoms. The van der Waals surface area contributed by atoms with Crippen LogP contribution >= 0.6 is 11.6 Å². The zero-order chi connectivity index (χ0) is 13.0. The van der Waals surface area contributed by atoms with Crippen LogP contribution in [0, 0.1) is 11.3 Å². The van der Waals surface area contributed by atoms with E-state index in [4.69, 9.17) is 22.6 Å². The lowest BCUT2D eigenvalue weighted by Crippen LogP contribution is -2.06. The molecule has 1 aromatic carbocycles. The summed E-state index contributed by atoms with van der Waals surface area (Å²) in [7, 11) is 0. The van der Waals surface area contributed by atoms with Crippen LogP contribution in [0.25, 0.3) is 0 Å². The Morgan fingerprint density at radius 2 is 1.94 bits per heavy atom. The molecule has 90 valence electrons. The van der Waals surface area contributed by atoms with Gasteiger partial charge in [-0.3, -0.25) is 0 Å². The van der Waals surface area contributed by atoms with E-state index in [0.717, 1.165) is 5.69 Å². The third-order valence-corrected chi connectivity index (χ3v) is 2.29. The second-order valence-electron chi connectivity index (χ2n) is 3.40. The van der Waals surface area contributed by atoms with Crippen molar-refractivity contribution >= 4 is 29.2 Å². The highest BCUT2D eigenvalue weighted by atomic mass is 35.5. The minimum atomic E-state index is 0.0757. The number of hydrogen-bond acceptors (Lipinski definition) is 6. The predicted molar refractivity (Wildman–Crippen MR) is 68.3 cm³/mol. The largest absolute Gasteiger partial charge is 0.368 e. The maximum atomic E-state index is 8.60. The van der Waals surface area contributed by atoms with E-state index >= 15 is 0 Å². The molecule has 18 heavy (non-hydrogen) atoms. The quantitative estimate of drug-likeness (QED) is 0.874. The van der Waals surface area contributed by atoms with E-state index in [1.165, 1.54) is 0 Å². The molecule has 0 unspecified atom stereocenters. The van der Waals surface area contributed by atoms with E-state index in [-0.39, 0.29) is 12.4 Å². The molecule has 6 nitrogen and oxygen atoms in total. The molecule has 0 atom stereocenters. The number of nitriles is 1. The van der Waals surface area contributed by atoms with Crippen molar-refractivity contribution in [1.29, 1.82) is 5.26 Å². The Bertz CT molecular complexity index is 589. The maximum Gasteiger partial charge on any atom is 0.232 e. The summed E-state index contributed by atoms with van der Waals surface area (Å²) >= 11 is 5.78. The van der Waals surface area contributed by atoms with Gasteiger partial charge in [-0.05, 0) is 24.3 Å². The number of benzene rings is 1. The van der Waals surface area contributed by atoms with E-state index in [2.05, 4.69) is 20.3 Å². The molecule has 0 aliphatic carbocycles. The fourth-order valence-corrected chi connectivity index (χ4v) is 1.43. The second kappa shape index (κ2) is 5.29. The third-order valence-electron chi connectivity index (χ3n) is 2.04. The number of hydrogen-bond donors (Lipinski definition) is 2. The molecule has 1 heterocycles. The first-order valence-electron chi connectivity index (χ1n) is 5.07. The second-order valence-corrected chi connectivity index (χ2v) is 3.84. The summed E-state index contributed by atoms with van der Waals surface area (Å²) in [5, 5.41) is 12.2. The standard InChI is InChI=1S/C11H9ClN6/c12-7-1-3-8(4-2-7)15-11-17-9(5-6-13)16-10(14)18-11/h1-4H,5H2,(H3,14,15,16,17,18). The number of nitrogen functional groups attached to an aromatic ring is 1. The van der Waals surface area contributed by atoms with Crippen molar-refractivity contribution in [3.05, 3.63) is 35.1 Å². The van der Waals surface area contributed by atoms with E-state index < -0.39 is 0 Å². The molecule has 0 amide bonds. The Morgan fingerprint density at radius 3 is 2.61 bits per heavy atom. The minimum Gasteiger partial charge on any atom is -0.368 e. The first-order valence-corrected chi connectivity index (χ1v) is 5.45. The molecule has 7 heteroatoms. The average molecular weight is 261 g/mol. The first kappa shape index (κ1) is 12.1. The van der Waals surface area contributed by atoms with Crippen LogP contribution in [0.4, 0.5) is 17.6 Å². The van der Waals surface area contributed by atoms with Crippen molar-refractivity contribution < 1.29 is 0 Å². The summed E-state index contributed by atoms with van der Waals surface area (Å²) < 4.78 is 0. The zero-order valence-corrected chi connectivity index (χ0v) is 10.0. The molecule has 0 aliphatic heterocycles. The van der Waals surface area contributed by atoms with Gasteiger partial charge in [-0.2, -0.15) is 20.2 Å². The number of nitrogens with zero attached hydrogens (tertiary/aromatic N) is 4. The van der Waals surface area contributed by atoms with Gasteiger partial charge in [0, 0.05) is 10.7 Å². The summed E-state index contributed by atoms with van der Waals surface area (Å²) in [6.45, 7) is 0.